The average Bonchev–Trinajstić information content (AvgIpc) is 3.40. The number of nitro groups is 2. The standard InChI is InChI=1S/C20H16N6O6S/c1-11-15(8-14(25(29)30)9-16(11)26(31)32)18(28)21-20-23-22-19(33-20)12-7-17(27)24(10-12)13-5-3-2-4-6-13/h2-6,8-9,12H,7,10H2,1H3,(H,21,23,28). The first-order chi connectivity index (χ1) is 15.7. The fourth-order valence-electron chi connectivity index (χ4n) is 3.56. The molecule has 4 rings (SSSR count). The maximum atomic E-state index is 12.7. The highest BCUT2D eigenvalue weighted by Crippen LogP contribution is 2.34. The van der Waals surface area contributed by atoms with Crippen molar-refractivity contribution >= 4 is 45.3 Å². The Morgan fingerprint density at radius 1 is 1.15 bits per heavy atom. The summed E-state index contributed by atoms with van der Waals surface area (Å²) in [7, 11) is 0. The molecule has 1 fully saturated rings. The number of anilines is 2. The lowest BCUT2D eigenvalue weighted by molar-refractivity contribution is -0.394. The number of amides is 2. The zero-order valence-corrected chi connectivity index (χ0v) is 17.9. The lowest BCUT2D eigenvalue weighted by atomic mass is 10.0. The number of benzene rings is 2. The summed E-state index contributed by atoms with van der Waals surface area (Å²) < 4.78 is 0. The molecule has 1 aromatic heterocycles. The zero-order valence-electron chi connectivity index (χ0n) is 17.1. The van der Waals surface area contributed by atoms with E-state index in [-0.39, 0.29) is 34.5 Å². The summed E-state index contributed by atoms with van der Waals surface area (Å²) in [6.07, 6.45) is 0.244. The van der Waals surface area contributed by atoms with Gasteiger partial charge in [0, 0.05) is 36.2 Å². The molecule has 12 nitrogen and oxygen atoms in total. The minimum absolute atomic E-state index is 0.00673. The van der Waals surface area contributed by atoms with Crippen LogP contribution in [0.1, 0.15) is 33.3 Å². The van der Waals surface area contributed by atoms with Crippen molar-refractivity contribution in [3.63, 3.8) is 0 Å². The summed E-state index contributed by atoms with van der Waals surface area (Å²) in [5, 5.41) is 33.5. The van der Waals surface area contributed by atoms with E-state index in [1.807, 2.05) is 30.3 Å². The number of carbonyl (C=O) groups is 2. The van der Waals surface area contributed by atoms with Crippen LogP contribution in [0.4, 0.5) is 22.2 Å². The van der Waals surface area contributed by atoms with Crippen molar-refractivity contribution in [1.29, 1.82) is 0 Å². The molecular formula is C20H16N6O6S. The summed E-state index contributed by atoms with van der Waals surface area (Å²) in [6, 6.07) is 11.0. The smallest absolute Gasteiger partial charge is 0.279 e. The van der Waals surface area contributed by atoms with Gasteiger partial charge in [0.15, 0.2) is 0 Å². The van der Waals surface area contributed by atoms with Gasteiger partial charge in [-0.3, -0.25) is 35.1 Å². The molecule has 2 heterocycles. The van der Waals surface area contributed by atoms with E-state index in [1.165, 1.54) is 6.92 Å². The quantitative estimate of drug-likeness (QED) is 0.425. The molecule has 2 amide bonds. The third-order valence-corrected chi connectivity index (χ3v) is 6.22. The molecule has 0 saturated carbocycles. The Morgan fingerprint density at radius 3 is 2.55 bits per heavy atom. The van der Waals surface area contributed by atoms with Crippen LogP contribution >= 0.6 is 11.3 Å². The largest absolute Gasteiger partial charge is 0.312 e. The fourth-order valence-corrected chi connectivity index (χ4v) is 4.39. The number of para-hydroxylation sites is 1. The van der Waals surface area contributed by atoms with Crippen molar-refractivity contribution in [3.8, 4) is 0 Å². The number of hydrogen-bond acceptors (Lipinski definition) is 9. The van der Waals surface area contributed by atoms with Gasteiger partial charge >= 0.3 is 0 Å². The van der Waals surface area contributed by atoms with Crippen LogP contribution in [-0.4, -0.2) is 38.4 Å². The number of nitro benzene ring substituents is 2. The normalized spacial score (nSPS) is 15.5. The lowest BCUT2D eigenvalue weighted by Gasteiger charge is -2.15. The molecule has 3 aromatic rings. The Labute approximate surface area is 190 Å². The lowest BCUT2D eigenvalue weighted by Crippen LogP contribution is -2.24. The van der Waals surface area contributed by atoms with Gasteiger partial charge in [0.05, 0.1) is 21.5 Å². The van der Waals surface area contributed by atoms with Crippen molar-refractivity contribution in [2.75, 3.05) is 16.8 Å². The number of nitrogens with zero attached hydrogens (tertiary/aromatic N) is 5. The molecule has 1 atom stereocenters. The second kappa shape index (κ2) is 8.70. The molecule has 168 valence electrons. The number of non-ortho nitro benzene ring substituents is 1. The Kier molecular flexibility index (Phi) is 5.79. The molecule has 1 unspecified atom stereocenters. The van der Waals surface area contributed by atoms with E-state index in [2.05, 4.69) is 15.5 Å². The second-order valence-electron chi connectivity index (χ2n) is 7.29. The SMILES string of the molecule is Cc1c(C(=O)Nc2nnc(C3CC(=O)N(c4ccccc4)C3)s2)cc([N+](=O)[O-])cc1[N+](=O)[O-]. The topological polar surface area (TPSA) is 161 Å². The van der Waals surface area contributed by atoms with Crippen molar-refractivity contribution in [1.82, 2.24) is 10.2 Å². The molecule has 1 aliphatic rings. The average molecular weight is 468 g/mol. The highest BCUT2D eigenvalue weighted by atomic mass is 32.1. The van der Waals surface area contributed by atoms with Crippen LogP contribution in [0.5, 0.6) is 0 Å². The van der Waals surface area contributed by atoms with E-state index in [0.717, 1.165) is 29.2 Å². The van der Waals surface area contributed by atoms with E-state index in [1.54, 1.807) is 4.90 Å². The predicted octanol–water partition coefficient (Wildman–Crippen LogP) is 3.44. The summed E-state index contributed by atoms with van der Waals surface area (Å²) >= 11 is 1.08. The second-order valence-corrected chi connectivity index (χ2v) is 8.30. The van der Waals surface area contributed by atoms with Gasteiger partial charge < -0.3 is 4.90 Å². The van der Waals surface area contributed by atoms with Crippen LogP contribution in [-0.2, 0) is 4.79 Å². The summed E-state index contributed by atoms with van der Waals surface area (Å²) in [6.45, 7) is 1.76. The molecule has 0 spiro atoms. The molecule has 1 N–H and O–H groups in total. The molecular weight excluding hydrogens is 452 g/mol. The number of aromatic nitrogens is 2. The Balaban J connectivity index is 1.53. The predicted molar refractivity (Wildman–Crippen MR) is 119 cm³/mol. The van der Waals surface area contributed by atoms with Crippen LogP contribution in [0.15, 0.2) is 42.5 Å². The van der Waals surface area contributed by atoms with E-state index < -0.39 is 27.1 Å². The van der Waals surface area contributed by atoms with Crippen LogP contribution in [0.3, 0.4) is 0 Å². The molecule has 0 bridgehead atoms. The maximum Gasteiger partial charge on any atom is 0.279 e. The van der Waals surface area contributed by atoms with Crippen LogP contribution < -0.4 is 10.2 Å². The molecule has 13 heteroatoms. The minimum Gasteiger partial charge on any atom is -0.312 e. The van der Waals surface area contributed by atoms with Crippen LogP contribution in [0.25, 0.3) is 0 Å². The van der Waals surface area contributed by atoms with Crippen molar-refractivity contribution in [3.05, 3.63) is 78.8 Å². The van der Waals surface area contributed by atoms with Gasteiger partial charge in [-0.2, -0.15) is 0 Å². The highest BCUT2D eigenvalue weighted by Gasteiger charge is 2.34. The summed E-state index contributed by atoms with van der Waals surface area (Å²) in [5.74, 6) is -1.04. The number of carbonyl (C=O) groups excluding carboxylic acids is 2. The van der Waals surface area contributed by atoms with Gasteiger partial charge in [0.2, 0.25) is 11.0 Å². The monoisotopic (exact) mass is 468 g/mol. The molecule has 0 radical (unpaired) electrons. The van der Waals surface area contributed by atoms with Gasteiger partial charge in [-0.15, -0.1) is 10.2 Å². The van der Waals surface area contributed by atoms with Gasteiger partial charge in [-0.05, 0) is 19.1 Å². The van der Waals surface area contributed by atoms with Crippen molar-refractivity contribution in [2.24, 2.45) is 0 Å². The molecule has 1 saturated heterocycles. The molecule has 2 aromatic carbocycles. The van der Waals surface area contributed by atoms with Crippen LogP contribution in [0, 0.1) is 27.2 Å². The minimum atomic E-state index is -0.804. The number of rotatable bonds is 6. The van der Waals surface area contributed by atoms with Crippen LogP contribution in [0.2, 0.25) is 0 Å². The molecule has 0 aliphatic carbocycles. The first-order valence-electron chi connectivity index (χ1n) is 9.68. The Morgan fingerprint density at radius 2 is 1.88 bits per heavy atom. The van der Waals surface area contributed by atoms with Gasteiger partial charge in [0.25, 0.3) is 17.3 Å². The van der Waals surface area contributed by atoms with E-state index in [4.69, 9.17) is 0 Å². The molecule has 1 aliphatic heterocycles. The van der Waals surface area contributed by atoms with E-state index >= 15 is 0 Å². The van der Waals surface area contributed by atoms with E-state index in [9.17, 15) is 29.8 Å². The van der Waals surface area contributed by atoms with E-state index in [0.29, 0.717) is 11.6 Å². The maximum absolute atomic E-state index is 12.7. The fraction of sp³-hybridized carbons (Fsp3) is 0.200. The highest BCUT2D eigenvalue weighted by molar-refractivity contribution is 7.15. The Bertz CT molecular complexity index is 1280. The first-order valence-corrected chi connectivity index (χ1v) is 10.5. The summed E-state index contributed by atoms with van der Waals surface area (Å²) in [4.78, 5) is 47.6. The third kappa shape index (κ3) is 4.39. The number of nitrogens with one attached hydrogen (secondary N) is 1. The Hall–Kier alpha value is -4.26. The van der Waals surface area contributed by atoms with Gasteiger partial charge in [0.1, 0.15) is 5.01 Å². The van der Waals surface area contributed by atoms with Gasteiger partial charge in [-0.25, -0.2) is 0 Å². The van der Waals surface area contributed by atoms with Crippen molar-refractivity contribution in [2.45, 2.75) is 19.3 Å². The molecule has 33 heavy (non-hydrogen) atoms. The third-order valence-electron chi connectivity index (χ3n) is 5.22. The summed E-state index contributed by atoms with van der Waals surface area (Å²) in [5.41, 5.74) is -0.531. The first kappa shape index (κ1) is 22.0. The number of hydrogen-bond donors (Lipinski definition) is 1. The zero-order chi connectivity index (χ0) is 23.7. The van der Waals surface area contributed by atoms with Gasteiger partial charge in [-0.1, -0.05) is 29.5 Å². The van der Waals surface area contributed by atoms with Crippen molar-refractivity contribution < 1.29 is 19.4 Å².